The summed E-state index contributed by atoms with van der Waals surface area (Å²) in [6, 6.07) is -0.00400. The Morgan fingerprint density at radius 3 is 2.64 bits per heavy atom. The summed E-state index contributed by atoms with van der Waals surface area (Å²) < 4.78 is 0. The summed E-state index contributed by atoms with van der Waals surface area (Å²) in [5, 5.41) is 6.33. The normalized spacial score (nSPS) is 32.3. The van der Waals surface area contributed by atoms with E-state index in [1.807, 2.05) is 0 Å². The fraction of sp³-hybridized carbons (Fsp3) is 0.895. The van der Waals surface area contributed by atoms with Crippen LogP contribution in [0, 0.1) is 17.8 Å². The minimum absolute atomic E-state index is 0. The van der Waals surface area contributed by atoms with Gasteiger partial charge in [0.05, 0.1) is 6.04 Å². The number of piperidine rings is 1. The number of nitrogens with one attached hydrogen (secondary N) is 2. The van der Waals surface area contributed by atoms with Crippen molar-refractivity contribution >= 4 is 24.2 Å². The molecule has 0 aromatic heterocycles. The van der Waals surface area contributed by atoms with E-state index in [0.717, 1.165) is 57.7 Å². The van der Waals surface area contributed by atoms with Crippen LogP contribution in [0.4, 0.5) is 0 Å². The van der Waals surface area contributed by atoms with Crippen LogP contribution >= 0.6 is 12.4 Å². The van der Waals surface area contributed by atoms with Crippen LogP contribution in [0.25, 0.3) is 0 Å². The highest BCUT2D eigenvalue weighted by molar-refractivity contribution is 5.85. The lowest BCUT2D eigenvalue weighted by Gasteiger charge is -2.33. The van der Waals surface area contributed by atoms with Crippen LogP contribution in [0.3, 0.4) is 0 Å². The van der Waals surface area contributed by atoms with E-state index in [1.165, 1.54) is 19.3 Å². The molecule has 3 aliphatic rings. The first-order chi connectivity index (χ1) is 11.6. The van der Waals surface area contributed by atoms with Crippen molar-refractivity contribution in [2.75, 3.05) is 26.2 Å². The summed E-state index contributed by atoms with van der Waals surface area (Å²) >= 11 is 0. The van der Waals surface area contributed by atoms with Gasteiger partial charge in [-0.1, -0.05) is 13.3 Å². The maximum atomic E-state index is 12.6. The van der Waals surface area contributed by atoms with E-state index in [2.05, 4.69) is 22.5 Å². The SMILES string of the molecule is CC1CCC(CC(=O)N2CCCC(CNC(=O)C3CCCN3)C2)C1.Cl. The lowest BCUT2D eigenvalue weighted by molar-refractivity contribution is -0.134. The van der Waals surface area contributed by atoms with Crippen molar-refractivity contribution in [1.29, 1.82) is 0 Å². The van der Waals surface area contributed by atoms with Crippen LogP contribution in [0.1, 0.15) is 58.3 Å². The predicted octanol–water partition coefficient (Wildman–Crippen LogP) is 2.34. The van der Waals surface area contributed by atoms with E-state index >= 15 is 0 Å². The van der Waals surface area contributed by atoms with Gasteiger partial charge in [0.2, 0.25) is 11.8 Å². The topological polar surface area (TPSA) is 61.4 Å². The minimum Gasteiger partial charge on any atom is -0.354 e. The monoisotopic (exact) mass is 371 g/mol. The number of likely N-dealkylation sites (tertiary alicyclic amines) is 1. The Morgan fingerprint density at radius 2 is 1.96 bits per heavy atom. The summed E-state index contributed by atoms with van der Waals surface area (Å²) in [5.41, 5.74) is 0. The second kappa shape index (κ2) is 9.77. The quantitative estimate of drug-likeness (QED) is 0.779. The summed E-state index contributed by atoms with van der Waals surface area (Å²) in [5.74, 6) is 2.27. The molecular formula is C19H34ClN3O2. The van der Waals surface area contributed by atoms with Gasteiger partial charge in [-0.15, -0.1) is 12.4 Å². The second-order valence-corrected chi connectivity index (χ2v) is 8.23. The van der Waals surface area contributed by atoms with E-state index in [9.17, 15) is 9.59 Å². The summed E-state index contributed by atoms with van der Waals surface area (Å²) in [7, 11) is 0. The summed E-state index contributed by atoms with van der Waals surface area (Å²) in [6.07, 6.45) is 8.65. The third-order valence-corrected chi connectivity index (χ3v) is 6.08. The first-order valence-corrected chi connectivity index (χ1v) is 9.90. The van der Waals surface area contributed by atoms with Crippen LogP contribution in [-0.4, -0.2) is 48.9 Å². The van der Waals surface area contributed by atoms with Gasteiger partial charge in [-0.25, -0.2) is 0 Å². The van der Waals surface area contributed by atoms with Crippen molar-refractivity contribution in [2.24, 2.45) is 17.8 Å². The molecule has 0 aromatic carbocycles. The zero-order valence-corrected chi connectivity index (χ0v) is 16.3. The van der Waals surface area contributed by atoms with Gasteiger partial charge in [0.1, 0.15) is 0 Å². The van der Waals surface area contributed by atoms with Gasteiger partial charge in [-0.2, -0.15) is 0 Å². The molecule has 3 rings (SSSR count). The fourth-order valence-electron chi connectivity index (χ4n) is 4.62. The molecule has 144 valence electrons. The van der Waals surface area contributed by atoms with Crippen LogP contribution in [-0.2, 0) is 9.59 Å². The predicted molar refractivity (Wildman–Crippen MR) is 102 cm³/mol. The Morgan fingerprint density at radius 1 is 1.12 bits per heavy atom. The average molecular weight is 372 g/mol. The smallest absolute Gasteiger partial charge is 0.237 e. The first kappa shape index (κ1) is 20.5. The Bertz CT molecular complexity index is 454. The van der Waals surface area contributed by atoms with Gasteiger partial charge in [-0.3, -0.25) is 9.59 Å². The first-order valence-electron chi connectivity index (χ1n) is 9.90. The Balaban J connectivity index is 0.00000225. The standard InChI is InChI=1S/C19H33N3O2.ClH/c1-14-6-7-15(10-14)11-18(23)22-9-3-4-16(13-22)12-21-19(24)17-5-2-8-20-17;/h14-17,20H,2-13H2,1H3,(H,21,24);1H. The Labute approximate surface area is 158 Å². The Hall–Kier alpha value is -0.810. The molecule has 2 N–H and O–H groups in total. The summed E-state index contributed by atoms with van der Waals surface area (Å²) in [6.45, 7) is 5.67. The van der Waals surface area contributed by atoms with Gasteiger partial charge in [-0.05, 0) is 62.8 Å². The molecule has 5 nitrogen and oxygen atoms in total. The number of nitrogens with zero attached hydrogens (tertiary/aromatic N) is 1. The number of hydrogen-bond acceptors (Lipinski definition) is 3. The number of hydrogen-bond donors (Lipinski definition) is 2. The zero-order chi connectivity index (χ0) is 16.9. The van der Waals surface area contributed by atoms with E-state index in [0.29, 0.717) is 24.3 Å². The van der Waals surface area contributed by atoms with Gasteiger partial charge >= 0.3 is 0 Å². The molecule has 3 fully saturated rings. The molecule has 1 aliphatic carbocycles. The average Bonchev–Trinajstić information content (AvgIpc) is 3.25. The Kier molecular flexibility index (Phi) is 8.01. The fourth-order valence-corrected chi connectivity index (χ4v) is 4.62. The molecule has 2 amide bonds. The molecule has 0 aromatic rings. The van der Waals surface area contributed by atoms with Crippen LogP contribution < -0.4 is 10.6 Å². The number of rotatable bonds is 5. The highest BCUT2D eigenvalue weighted by Gasteiger charge is 2.29. The van der Waals surface area contributed by atoms with Crippen LogP contribution in [0.5, 0.6) is 0 Å². The van der Waals surface area contributed by atoms with Crippen molar-refractivity contribution in [3.8, 4) is 0 Å². The molecule has 0 spiro atoms. The molecule has 0 bridgehead atoms. The minimum atomic E-state index is -0.00400. The van der Waals surface area contributed by atoms with E-state index in [4.69, 9.17) is 0 Å². The highest BCUT2D eigenvalue weighted by Crippen LogP contribution is 2.33. The third-order valence-electron chi connectivity index (χ3n) is 6.08. The maximum absolute atomic E-state index is 12.6. The largest absolute Gasteiger partial charge is 0.354 e. The van der Waals surface area contributed by atoms with Crippen LogP contribution in [0.2, 0.25) is 0 Å². The van der Waals surface area contributed by atoms with E-state index in [-0.39, 0.29) is 24.4 Å². The van der Waals surface area contributed by atoms with Crippen LogP contribution in [0.15, 0.2) is 0 Å². The van der Waals surface area contributed by atoms with Crippen molar-refractivity contribution in [3.63, 3.8) is 0 Å². The molecule has 6 heteroatoms. The number of carbonyl (C=O) groups excluding carboxylic acids is 2. The molecule has 4 atom stereocenters. The van der Waals surface area contributed by atoms with Gasteiger partial charge in [0.15, 0.2) is 0 Å². The molecular weight excluding hydrogens is 338 g/mol. The van der Waals surface area contributed by atoms with Gasteiger partial charge < -0.3 is 15.5 Å². The van der Waals surface area contributed by atoms with Crippen molar-refractivity contribution in [3.05, 3.63) is 0 Å². The summed E-state index contributed by atoms with van der Waals surface area (Å²) in [4.78, 5) is 26.7. The maximum Gasteiger partial charge on any atom is 0.237 e. The molecule has 2 heterocycles. The molecule has 2 aliphatic heterocycles. The lowest BCUT2D eigenvalue weighted by Crippen LogP contribution is -2.46. The van der Waals surface area contributed by atoms with E-state index < -0.39 is 0 Å². The van der Waals surface area contributed by atoms with Gasteiger partial charge in [0, 0.05) is 26.1 Å². The lowest BCUT2D eigenvalue weighted by atomic mass is 9.96. The molecule has 4 unspecified atom stereocenters. The van der Waals surface area contributed by atoms with Crippen molar-refractivity contribution in [2.45, 2.75) is 64.3 Å². The highest BCUT2D eigenvalue weighted by atomic mass is 35.5. The molecule has 2 saturated heterocycles. The molecule has 25 heavy (non-hydrogen) atoms. The number of halogens is 1. The van der Waals surface area contributed by atoms with Crippen molar-refractivity contribution in [1.82, 2.24) is 15.5 Å². The van der Waals surface area contributed by atoms with Gasteiger partial charge in [0.25, 0.3) is 0 Å². The molecule has 0 radical (unpaired) electrons. The molecule has 1 saturated carbocycles. The second-order valence-electron chi connectivity index (χ2n) is 8.23. The number of carbonyl (C=O) groups is 2. The van der Waals surface area contributed by atoms with E-state index in [1.54, 1.807) is 0 Å². The van der Waals surface area contributed by atoms with Crippen molar-refractivity contribution < 1.29 is 9.59 Å². The zero-order valence-electron chi connectivity index (χ0n) is 15.5. The number of amides is 2. The third kappa shape index (κ3) is 5.85.